The Morgan fingerprint density at radius 1 is 0.659 bits per heavy atom. The maximum absolute atomic E-state index is 12.5. The number of carbonyl (C=O) groups excluding carboxylic acids is 5. The van der Waals surface area contributed by atoms with Gasteiger partial charge in [0.1, 0.15) is 19.5 Å². The summed E-state index contributed by atoms with van der Waals surface area (Å²) in [6.07, 6.45) is 9.47. The van der Waals surface area contributed by atoms with Crippen molar-refractivity contribution in [3.05, 3.63) is 0 Å². The van der Waals surface area contributed by atoms with Crippen LogP contribution in [0.2, 0.25) is 1.41 Å². The van der Waals surface area contributed by atoms with Gasteiger partial charge in [0.2, 0.25) is 29.5 Å². The highest BCUT2D eigenvalue weighted by atomic mass is 16.4. The van der Waals surface area contributed by atoms with E-state index >= 15 is 0 Å². The highest BCUT2D eigenvalue weighted by Gasteiger charge is 2.26. The van der Waals surface area contributed by atoms with Gasteiger partial charge < -0.3 is 37.6 Å². The number of amides is 5. The molecule has 0 saturated carbocycles. The Morgan fingerprint density at radius 3 is 1.80 bits per heavy atom. The fourth-order valence-corrected chi connectivity index (χ4v) is 4.27. The van der Waals surface area contributed by atoms with Gasteiger partial charge in [0.25, 0.3) is 0 Å². The molecule has 0 radical (unpaired) electrons. The Hall–Kier alpha value is -3.59. The van der Waals surface area contributed by atoms with Crippen LogP contribution in [0, 0.1) is 0 Å². The third-order valence-electron chi connectivity index (χ3n) is 6.95. The van der Waals surface area contributed by atoms with E-state index in [1.807, 2.05) is 11.0 Å². The first-order chi connectivity index (χ1) is 21.3. The molecule has 0 aliphatic carbocycles. The Labute approximate surface area is 260 Å². The predicted molar refractivity (Wildman–Crippen MR) is 162 cm³/mol. The van der Waals surface area contributed by atoms with E-state index in [9.17, 15) is 43.8 Å². The molecule has 0 heterocycles. The molecule has 0 aliphatic rings. The quantitative estimate of drug-likeness (QED) is 0.0608. The van der Waals surface area contributed by atoms with E-state index < -0.39 is 72.7 Å². The van der Waals surface area contributed by atoms with Crippen molar-refractivity contribution in [1.82, 2.24) is 21.3 Å². The first-order valence-corrected chi connectivity index (χ1v) is 15.4. The van der Waals surface area contributed by atoms with E-state index in [1.165, 1.54) is 39.0 Å². The third-order valence-corrected chi connectivity index (χ3v) is 6.95. The minimum absolute atomic E-state index is 0.00794. The Morgan fingerprint density at radius 2 is 1.23 bits per heavy atom. The summed E-state index contributed by atoms with van der Waals surface area (Å²) in [5.41, 5.74) is 7.62. The van der Waals surface area contributed by atoms with E-state index in [-0.39, 0.29) is 38.0 Å². The van der Waals surface area contributed by atoms with Crippen LogP contribution in [0.1, 0.15) is 110 Å². The normalized spacial score (nSPS) is 13.8. The average Bonchev–Trinajstić information content (AvgIpc) is 2.97. The van der Waals surface area contributed by atoms with Gasteiger partial charge in [-0.3, -0.25) is 29.3 Å². The zero-order valence-corrected chi connectivity index (χ0v) is 26.0. The Bertz CT molecular complexity index is 969. The lowest BCUT2D eigenvalue weighted by atomic mass is 10.0. The average molecular weight is 630 g/mol. The van der Waals surface area contributed by atoms with E-state index in [2.05, 4.69) is 22.9 Å². The summed E-state index contributed by atoms with van der Waals surface area (Å²) in [4.78, 5) is 83.6. The second-order valence-electron chi connectivity index (χ2n) is 10.9. The number of hydrogen-bond donors (Lipinski definition) is 8. The van der Waals surface area contributed by atoms with E-state index in [1.54, 1.807) is 0 Å². The second kappa shape index (κ2) is 23.8. The molecule has 10 N–H and O–H groups in total. The van der Waals surface area contributed by atoms with Crippen molar-refractivity contribution < 1.29 is 45.2 Å². The van der Waals surface area contributed by atoms with Crippen LogP contribution in [-0.2, 0) is 33.6 Å². The minimum atomic E-state index is -1.45. The SMILES string of the molecule is [2H]NCC(=O)NC(CCCC(N)C(=O)NC(=O)CC[C@@H](NC(=O)[C@H](C)NC(=O)CCCCCCCCCCC)C(=O)O)C(=O)O. The number of carboxylic acids is 2. The molecular formula is C29H52N6O9. The smallest absolute Gasteiger partial charge is 0.326 e. The summed E-state index contributed by atoms with van der Waals surface area (Å²) < 4.78 is 6.77. The number of hydrogen-bond acceptors (Lipinski definition) is 9. The van der Waals surface area contributed by atoms with Crippen molar-refractivity contribution in [3.8, 4) is 0 Å². The lowest BCUT2D eigenvalue weighted by Crippen LogP contribution is -2.50. The van der Waals surface area contributed by atoms with Crippen molar-refractivity contribution >= 4 is 41.5 Å². The first-order valence-electron chi connectivity index (χ1n) is 15.9. The molecule has 15 nitrogen and oxygen atoms in total. The highest BCUT2D eigenvalue weighted by Crippen LogP contribution is 2.10. The van der Waals surface area contributed by atoms with Gasteiger partial charge in [-0.1, -0.05) is 58.3 Å². The molecule has 0 aliphatic heterocycles. The van der Waals surface area contributed by atoms with E-state index in [0.29, 0.717) is 6.42 Å². The van der Waals surface area contributed by atoms with Gasteiger partial charge in [-0.2, -0.15) is 0 Å². The molecule has 0 rings (SSSR count). The molecule has 0 spiro atoms. The van der Waals surface area contributed by atoms with Gasteiger partial charge in [-0.15, -0.1) is 0 Å². The summed E-state index contributed by atoms with van der Waals surface area (Å²) >= 11 is 0. The van der Waals surface area contributed by atoms with E-state index in [4.69, 9.17) is 7.15 Å². The molecule has 2 unspecified atom stereocenters. The van der Waals surface area contributed by atoms with Crippen molar-refractivity contribution in [2.24, 2.45) is 11.5 Å². The first kappa shape index (κ1) is 38.4. The van der Waals surface area contributed by atoms with Crippen LogP contribution < -0.4 is 32.7 Å². The topological polar surface area (TPSA) is 260 Å². The van der Waals surface area contributed by atoms with Crippen LogP contribution in [0.5, 0.6) is 0 Å². The van der Waals surface area contributed by atoms with Crippen molar-refractivity contribution in [1.29, 1.82) is 0 Å². The molecule has 0 aromatic heterocycles. The number of rotatable bonds is 26. The fourth-order valence-electron chi connectivity index (χ4n) is 4.27. The van der Waals surface area contributed by atoms with Crippen LogP contribution in [0.4, 0.5) is 0 Å². The zero-order valence-electron chi connectivity index (χ0n) is 27.0. The summed E-state index contributed by atoms with van der Waals surface area (Å²) in [6, 6.07) is -4.86. The number of nitrogens with one attached hydrogen (secondary N) is 4. The molecule has 0 aromatic rings. The maximum atomic E-state index is 12.5. The molecule has 4 atom stereocenters. The number of carbonyl (C=O) groups is 7. The molecule has 5 amide bonds. The van der Waals surface area contributed by atoms with Gasteiger partial charge in [-0.25, -0.2) is 9.59 Å². The van der Waals surface area contributed by atoms with E-state index in [0.717, 1.165) is 19.3 Å². The minimum Gasteiger partial charge on any atom is -0.480 e. The fraction of sp³-hybridized carbons (Fsp3) is 0.759. The van der Waals surface area contributed by atoms with Gasteiger partial charge >= 0.3 is 11.9 Å². The largest absolute Gasteiger partial charge is 0.480 e. The summed E-state index contributed by atoms with van der Waals surface area (Å²) in [5, 5.41) is 27.8. The number of nitrogens with two attached hydrogens (primary N) is 2. The highest BCUT2D eigenvalue weighted by molar-refractivity contribution is 5.98. The third kappa shape index (κ3) is 19.6. The molecule has 0 aromatic carbocycles. The standard InChI is InChI=1S/C29H52N6O9/c1-3-4-5-6-7-8-9-10-11-15-23(36)32-19(2)26(39)34-22(29(43)44)16-17-24(37)35-27(40)20(31)13-12-14-21(28(41)42)33-25(38)18-30/h19-22H,3-18,30-31H2,1-2H3,(H,32,36)(H,33,38)(H,34,39)(H,41,42)(H,43,44)(H,35,37,40)/t19-,20?,21?,22+/m0/s1/i/hD. The number of carboxylic acid groups (broad SMARTS) is 2. The Kier molecular flexibility index (Phi) is 20.8. The van der Waals surface area contributed by atoms with Crippen LogP contribution >= 0.6 is 0 Å². The molecule has 252 valence electrons. The van der Waals surface area contributed by atoms with Gasteiger partial charge in [0.05, 0.1) is 12.6 Å². The van der Waals surface area contributed by atoms with Gasteiger partial charge in [-0.05, 0) is 39.0 Å². The maximum Gasteiger partial charge on any atom is 0.326 e. The Balaban J connectivity index is 4.46. The molecule has 0 saturated heterocycles. The van der Waals surface area contributed by atoms with Crippen LogP contribution in [0.25, 0.3) is 0 Å². The predicted octanol–water partition coefficient (Wildman–Crippen LogP) is 0.430. The summed E-state index contributed by atoms with van der Waals surface area (Å²) in [7, 11) is 0. The van der Waals surface area contributed by atoms with Crippen molar-refractivity contribution in [2.75, 3.05) is 6.54 Å². The summed E-state index contributed by atoms with van der Waals surface area (Å²) in [5.74, 6) is -6.10. The van der Waals surface area contributed by atoms with Gasteiger partial charge in [0.15, 0.2) is 0 Å². The van der Waals surface area contributed by atoms with Crippen LogP contribution in [-0.4, -0.2) is 82.4 Å². The number of unbranched alkanes of at least 4 members (excludes halogenated alkanes) is 8. The monoisotopic (exact) mass is 629 g/mol. The summed E-state index contributed by atoms with van der Waals surface area (Å²) in [6.45, 7) is 3.21. The number of imide groups is 1. The molecule has 0 fully saturated rings. The molecule has 44 heavy (non-hydrogen) atoms. The molecule has 0 bridgehead atoms. The van der Waals surface area contributed by atoms with Gasteiger partial charge in [0, 0.05) is 12.8 Å². The lowest BCUT2D eigenvalue weighted by Gasteiger charge is -2.19. The lowest BCUT2D eigenvalue weighted by molar-refractivity contribution is -0.142. The molecular weight excluding hydrogens is 576 g/mol. The van der Waals surface area contributed by atoms with Crippen molar-refractivity contribution in [2.45, 2.75) is 134 Å². The van der Waals surface area contributed by atoms with Crippen molar-refractivity contribution in [3.63, 3.8) is 0 Å². The van der Waals surface area contributed by atoms with Crippen LogP contribution in [0.15, 0.2) is 0 Å². The zero-order chi connectivity index (χ0) is 34.2. The number of aliphatic carboxylic acids is 2. The van der Waals surface area contributed by atoms with Crippen LogP contribution in [0.3, 0.4) is 0 Å². The second-order valence-corrected chi connectivity index (χ2v) is 10.9. The molecule has 15 heteroatoms.